The highest BCUT2D eigenvalue weighted by molar-refractivity contribution is 5.72. The molecule has 2 aliphatic heterocycles. The van der Waals surface area contributed by atoms with Gasteiger partial charge in [0.2, 0.25) is 0 Å². The van der Waals surface area contributed by atoms with E-state index >= 15 is 0 Å². The van der Waals surface area contributed by atoms with Gasteiger partial charge in [0.05, 0.1) is 0 Å². The maximum atomic E-state index is 7.72. The van der Waals surface area contributed by atoms with Crippen LogP contribution in [0.2, 0.25) is 0 Å². The molecule has 2 heterocycles. The SMILES string of the molecule is c1ccc([C@]23O[C@](c4ccccc4)(c4ccccc42)C24[C@H]5C6CC([C@H]7[C@@H]6C723)[C@@H]54)cc1. The van der Waals surface area contributed by atoms with Gasteiger partial charge in [-0.15, -0.1) is 0 Å². The molecule has 7 fully saturated rings. The van der Waals surface area contributed by atoms with E-state index in [1.165, 1.54) is 28.7 Å². The van der Waals surface area contributed by atoms with Crippen molar-refractivity contribution in [2.45, 2.75) is 17.6 Å². The van der Waals surface area contributed by atoms with Crippen LogP contribution in [0.1, 0.15) is 28.7 Å². The summed E-state index contributed by atoms with van der Waals surface area (Å²) in [4.78, 5) is 0. The molecule has 6 aliphatic carbocycles. The molecule has 3 aromatic carbocycles. The molecule has 3 aromatic rings. The standard InChI is InChI=1S/C29H22O/c1-3-9-16(10-4-1)28-20-13-7-8-14-21(20)29(30-28,17-11-5-2-6-12-17)27-24-18-15-19(25(24)27)23-22(18)26(23,27)28/h1-14,18-19,22-25H,15H2/t18?,19?,22-,23-,24-,25+,26?,27?,28+,29-/m0/s1. The Morgan fingerprint density at radius 1 is 0.533 bits per heavy atom. The van der Waals surface area contributed by atoms with Crippen molar-refractivity contribution in [3.8, 4) is 0 Å². The molecule has 10 atom stereocenters. The van der Waals surface area contributed by atoms with Crippen molar-refractivity contribution in [2.24, 2.45) is 46.3 Å². The maximum Gasteiger partial charge on any atom is 0.127 e. The highest BCUT2D eigenvalue weighted by atomic mass is 16.5. The lowest BCUT2D eigenvalue weighted by Gasteiger charge is -2.42. The number of rotatable bonds is 2. The molecule has 144 valence electrons. The van der Waals surface area contributed by atoms with Crippen molar-refractivity contribution in [1.82, 2.24) is 0 Å². The van der Waals surface area contributed by atoms with E-state index in [-0.39, 0.29) is 11.2 Å². The first-order chi connectivity index (χ1) is 14.9. The van der Waals surface area contributed by atoms with Gasteiger partial charge in [0, 0.05) is 10.8 Å². The molecule has 6 saturated carbocycles. The van der Waals surface area contributed by atoms with Crippen LogP contribution in [0.4, 0.5) is 0 Å². The van der Waals surface area contributed by atoms with E-state index in [1.807, 2.05) is 0 Å². The van der Waals surface area contributed by atoms with Crippen molar-refractivity contribution in [2.75, 3.05) is 0 Å². The molecule has 4 bridgehead atoms. The monoisotopic (exact) mass is 386 g/mol. The minimum absolute atomic E-state index is 0.257. The maximum absolute atomic E-state index is 7.72. The Hall–Kier alpha value is -2.38. The third-order valence-electron chi connectivity index (χ3n) is 11.3. The smallest absolute Gasteiger partial charge is 0.127 e. The van der Waals surface area contributed by atoms with E-state index in [0.29, 0.717) is 10.8 Å². The van der Waals surface area contributed by atoms with Gasteiger partial charge in [-0.05, 0) is 64.2 Å². The third-order valence-corrected chi connectivity index (χ3v) is 11.3. The Morgan fingerprint density at radius 3 is 1.37 bits per heavy atom. The normalized spacial score (nSPS) is 54.9. The van der Waals surface area contributed by atoms with Gasteiger partial charge in [-0.3, -0.25) is 0 Å². The molecule has 8 aliphatic rings. The highest BCUT2D eigenvalue weighted by Gasteiger charge is 3.14. The second-order valence-electron chi connectivity index (χ2n) is 11.1. The van der Waals surface area contributed by atoms with Crippen LogP contribution >= 0.6 is 0 Å². The fraction of sp³-hybridized carbons (Fsp3) is 0.379. The summed E-state index contributed by atoms with van der Waals surface area (Å²) in [6.45, 7) is 0. The van der Waals surface area contributed by atoms with Crippen molar-refractivity contribution in [3.63, 3.8) is 0 Å². The van der Waals surface area contributed by atoms with E-state index in [2.05, 4.69) is 84.9 Å². The van der Waals surface area contributed by atoms with Gasteiger partial charge in [-0.2, -0.15) is 0 Å². The van der Waals surface area contributed by atoms with Crippen LogP contribution in [0.5, 0.6) is 0 Å². The summed E-state index contributed by atoms with van der Waals surface area (Å²) in [6.07, 6.45) is 1.51. The van der Waals surface area contributed by atoms with E-state index in [4.69, 9.17) is 4.74 Å². The summed E-state index contributed by atoms with van der Waals surface area (Å²) in [5.74, 6) is 5.53. The second-order valence-corrected chi connectivity index (χ2v) is 11.1. The molecule has 0 N–H and O–H groups in total. The van der Waals surface area contributed by atoms with Crippen LogP contribution in [0.15, 0.2) is 84.9 Å². The zero-order valence-electron chi connectivity index (χ0n) is 16.7. The van der Waals surface area contributed by atoms with Crippen LogP contribution in [0, 0.1) is 46.3 Å². The first-order valence-corrected chi connectivity index (χ1v) is 11.8. The Morgan fingerprint density at radius 2 is 0.933 bits per heavy atom. The van der Waals surface area contributed by atoms with Crippen molar-refractivity contribution < 1.29 is 4.74 Å². The number of fused-ring (bicyclic) bond motifs is 5. The van der Waals surface area contributed by atoms with E-state index in [9.17, 15) is 0 Å². The molecular formula is C29H22O. The van der Waals surface area contributed by atoms with Gasteiger partial charge in [0.1, 0.15) is 11.2 Å². The number of benzene rings is 3. The number of hydrogen-bond donors (Lipinski definition) is 0. The molecule has 0 radical (unpaired) electrons. The van der Waals surface area contributed by atoms with Crippen molar-refractivity contribution >= 4 is 0 Å². The number of ether oxygens (including phenoxy) is 1. The molecule has 11 rings (SSSR count). The zero-order valence-corrected chi connectivity index (χ0v) is 16.7. The van der Waals surface area contributed by atoms with E-state index in [0.717, 1.165) is 35.5 Å². The van der Waals surface area contributed by atoms with E-state index < -0.39 is 0 Å². The Bertz CT molecular complexity index is 1190. The van der Waals surface area contributed by atoms with Gasteiger partial charge in [-0.1, -0.05) is 84.9 Å². The predicted molar refractivity (Wildman–Crippen MR) is 112 cm³/mol. The lowest BCUT2D eigenvalue weighted by atomic mass is 9.56. The number of hydrogen-bond acceptors (Lipinski definition) is 1. The minimum Gasteiger partial charge on any atom is -0.348 e. The Balaban J connectivity index is 1.42. The van der Waals surface area contributed by atoms with Crippen LogP contribution in [-0.2, 0) is 15.9 Å². The van der Waals surface area contributed by atoms with Gasteiger partial charge in [0.25, 0.3) is 0 Å². The largest absolute Gasteiger partial charge is 0.348 e. The first-order valence-electron chi connectivity index (χ1n) is 11.8. The van der Waals surface area contributed by atoms with Crippen LogP contribution in [0.25, 0.3) is 0 Å². The second kappa shape index (κ2) is 3.82. The molecular weight excluding hydrogens is 364 g/mol. The summed E-state index contributed by atoms with van der Waals surface area (Å²) in [6, 6.07) is 32.0. The van der Waals surface area contributed by atoms with Crippen LogP contribution in [0.3, 0.4) is 0 Å². The van der Waals surface area contributed by atoms with Crippen LogP contribution < -0.4 is 0 Å². The van der Waals surface area contributed by atoms with Gasteiger partial charge in [-0.25, -0.2) is 0 Å². The van der Waals surface area contributed by atoms with Crippen molar-refractivity contribution in [3.05, 3.63) is 107 Å². The predicted octanol–water partition coefficient (Wildman–Crippen LogP) is 5.35. The average molecular weight is 386 g/mol. The summed E-state index contributed by atoms with van der Waals surface area (Å²) in [5.41, 5.74) is 5.94. The average Bonchev–Trinajstić information content (AvgIpc) is 3.37. The fourth-order valence-corrected chi connectivity index (χ4v) is 11.6. The lowest BCUT2D eigenvalue weighted by Crippen LogP contribution is -2.44. The summed E-state index contributed by atoms with van der Waals surface area (Å²) >= 11 is 0. The Labute approximate surface area is 176 Å². The quantitative estimate of drug-likeness (QED) is 0.577. The lowest BCUT2D eigenvalue weighted by molar-refractivity contribution is -0.0751. The van der Waals surface area contributed by atoms with E-state index in [1.54, 1.807) is 0 Å². The summed E-state index contributed by atoms with van der Waals surface area (Å²) in [7, 11) is 0. The zero-order chi connectivity index (χ0) is 19.1. The minimum atomic E-state index is -0.257. The van der Waals surface area contributed by atoms with Crippen LogP contribution in [-0.4, -0.2) is 0 Å². The molecule has 1 heteroatoms. The summed E-state index contributed by atoms with van der Waals surface area (Å²) < 4.78 is 7.72. The topological polar surface area (TPSA) is 9.23 Å². The molecule has 0 amide bonds. The highest BCUT2D eigenvalue weighted by Crippen LogP contribution is 3.14. The molecule has 1 nitrogen and oxygen atoms in total. The molecule has 1 saturated heterocycles. The molecule has 0 aromatic heterocycles. The first kappa shape index (κ1) is 14.6. The van der Waals surface area contributed by atoms with Gasteiger partial charge in [0.15, 0.2) is 0 Å². The van der Waals surface area contributed by atoms with Crippen molar-refractivity contribution in [1.29, 1.82) is 0 Å². The third kappa shape index (κ3) is 0.924. The fourth-order valence-electron chi connectivity index (χ4n) is 11.6. The molecule has 4 unspecified atom stereocenters. The molecule has 2 spiro atoms. The summed E-state index contributed by atoms with van der Waals surface area (Å²) in [5, 5.41) is 0. The Kier molecular flexibility index (Phi) is 1.86. The van der Waals surface area contributed by atoms with Gasteiger partial charge >= 0.3 is 0 Å². The molecule has 30 heavy (non-hydrogen) atoms. The van der Waals surface area contributed by atoms with Gasteiger partial charge < -0.3 is 4.74 Å².